The van der Waals surface area contributed by atoms with Gasteiger partial charge in [0, 0.05) is 60.9 Å². The van der Waals surface area contributed by atoms with Gasteiger partial charge in [-0.25, -0.2) is 0 Å². The van der Waals surface area contributed by atoms with E-state index in [0.717, 1.165) is 114 Å². The summed E-state index contributed by atoms with van der Waals surface area (Å²) < 4.78 is 0. The highest BCUT2D eigenvalue weighted by Gasteiger charge is 2.45. The molecular formula is C69H127N9. The van der Waals surface area contributed by atoms with Crippen molar-refractivity contribution in [2.45, 2.75) is 306 Å². The van der Waals surface area contributed by atoms with Crippen LogP contribution in [0.1, 0.15) is 252 Å². The topological polar surface area (TPSA) is 108 Å². The largest absolute Gasteiger partial charge is 0.316 e. The van der Waals surface area contributed by atoms with Crippen molar-refractivity contribution in [3.8, 4) is 0 Å². The van der Waals surface area contributed by atoms with Crippen LogP contribution >= 0.6 is 0 Å². The third-order valence-electron chi connectivity index (χ3n) is 24.7. The van der Waals surface area contributed by atoms with Crippen LogP contribution in [0.2, 0.25) is 0 Å². The standard InChI is InChI=1S/C10H17N.C10H19N.C9H17N.4C7H13N.2C6H11N/c1-7-2-9-3-8(1)5-10(4-7)11-6-9;1-9(2)4-8-5-10(3,6-9)7-11-8;1-2-8-4-5-9(3-1)7-10-6-8;1-3-7-4-2-6(1)5-8-7;1-2-7-3-6(1)4-8-5-7;1-2-6-4-7(3-1)8-5-6;1-2-6-4-5-7(3-1)8-6;1-2-6-3-5(1)4-7-6;1-2-6-4-3-5(1)7-6/h7-11H,1-6H2;8,11H,4-7H2,1-3H3;8-10H,1-7H2;4*6-8H,1-5H2;2*5-7H,1-4H2. The normalized spacial score (nSPS) is 46.7. The lowest BCUT2D eigenvalue weighted by Gasteiger charge is -2.39. The summed E-state index contributed by atoms with van der Waals surface area (Å²) in [6, 6.07) is 8.13. The third-order valence-corrected chi connectivity index (χ3v) is 24.7. The lowest BCUT2D eigenvalue weighted by molar-refractivity contribution is 0.135. The Morgan fingerprint density at radius 3 is 1.08 bits per heavy atom. The summed E-state index contributed by atoms with van der Waals surface area (Å²) in [5, 5.41) is 31.9. The SMILES string of the molecule is C1CC2CC1CN2.C1CC2CCC(C1)CNC2.C1CC2CCC(C1)N2.C1CC2CCC1CN2.C1CC2CCC1N2.C1CC2CNC(C1)C2.C1CC2CNCC1C2.C1NC2CC3CC1CC(C3)C2.CC1(C)CC2CC(C)(CN2)C1. The molecule has 21 fully saturated rings. The Kier molecular flexibility index (Phi) is 22.2. The zero-order valence-corrected chi connectivity index (χ0v) is 51.3. The maximum absolute atomic E-state index is 3.70. The fourth-order valence-electron chi connectivity index (χ4n) is 20.8. The van der Waals surface area contributed by atoms with Crippen LogP contribution < -0.4 is 47.9 Å². The molecule has 0 radical (unpaired) electrons. The Bertz CT molecular complexity index is 1480. The van der Waals surface area contributed by atoms with Gasteiger partial charge in [-0.15, -0.1) is 0 Å². The molecule has 14 unspecified atom stereocenters. The molecule has 13 saturated heterocycles. The van der Waals surface area contributed by atoms with Gasteiger partial charge in [-0.2, -0.15) is 0 Å². The molecule has 9 heteroatoms. The van der Waals surface area contributed by atoms with E-state index in [1.54, 1.807) is 19.3 Å². The fourth-order valence-corrected chi connectivity index (χ4v) is 20.8. The van der Waals surface area contributed by atoms with Gasteiger partial charge in [-0.1, -0.05) is 40.0 Å². The van der Waals surface area contributed by atoms with Gasteiger partial charge in [0.15, 0.2) is 0 Å². The Balaban J connectivity index is 0.0000000935. The van der Waals surface area contributed by atoms with Gasteiger partial charge in [-0.3, -0.25) is 0 Å². The van der Waals surface area contributed by atoms with E-state index >= 15 is 0 Å². The molecule has 9 N–H and O–H groups in total. The third kappa shape index (κ3) is 18.3. The van der Waals surface area contributed by atoms with Crippen molar-refractivity contribution >= 4 is 0 Å². The molecule has 20 bridgehead atoms. The minimum Gasteiger partial charge on any atom is -0.316 e. The van der Waals surface area contributed by atoms with Crippen molar-refractivity contribution in [1.82, 2.24) is 47.9 Å². The minimum atomic E-state index is 0.584. The highest BCUT2D eigenvalue weighted by Crippen LogP contribution is 2.49. The van der Waals surface area contributed by atoms with Crippen LogP contribution in [-0.4, -0.2) is 113 Å². The van der Waals surface area contributed by atoms with Gasteiger partial charge in [0.25, 0.3) is 0 Å². The molecule has 78 heavy (non-hydrogen) atoms. The van der Waals surface area contributed by atoms with Gasteiger partial charge in [-0.05, 0) is 334 Å². The van der Waals surface area contributed by atoms with Crippen LogP contribution in [0, 0.1) is 70.0 Å². The lowest BCUT2D eigenvalue weighted by atomic mass is 9.65. The molecule has 0 aromatic carbocycles. The van der Waals surface area contributed by atoms with Crippen molar-refractivity contribution in [1.29, 1.82) is 0 Å². The second-order valence-corrected chi connectivity index (χ2v) is 32.5. The average Bonchev–Trinajstić information content (AvgIpc) is 4.39. The fraction of sp³-hybridized carbons (Fsp3) is 1.00. The van der Waals surface area contributed by atoms with Crippen LogP contribution in [0.25, 0.3) is 0 Å². The van der Waals surface area contributed by atoms with Crippen molar-refractivity contribution in [2.75, 3.05) is 58.9 Å². The summed E-state index contributed by atoms with van der Waals surface area (Å²) >= 11 is 0. The molecule has 0 aromatic rings. The van der Waals surface area contributed by atoms with Crippen LogP contribution in [0.3, 0.4) is 0 Å². The number of hydrogen-bond donors (Lipinski definition) is 9. The quantitative estimate of drug-likeness (QED) is 0.117. The molecule has 9 nitrogen and oxygen atoms in total. The maximum Gasteiger partial charge on any atom is 0.00780 e. The molecule has 13 heterocycles. The predicted molar refractivity (Wildman–Crippen MR) is 329 cm³/mol. The van der Waals surface area contributed by atoms with Crippen LogP contribution in [0.4, 0.5) is 0 Å². The second kappa shape index (κ2) is 29.2. The van der Waals surface area contributed by atoms with E-state index in [2.05, 4.69) is 68.6 Å². The van der Waals surface area contributed by atoms with Crippen LogP contribution in [0.5, 0.6) is 0 Å². The van der Waals surface area contributed by atoms with E-state index in [9.17, 15) is 0 Å². The summed E-state index contributed by atoms with van der Waals surface area (Å²) in [4.78, 5) is 0. The zero-order chi connectivity index (χ0) is 53.2. The molecule has 8 aliphatic carbocycles. The Morgan fingerprint density at radius 1 is 0.256 bits per heavy atom. The molecule has 21 rings (SSSR count). The van der Waals surface area contributed by atoms with E-state index in [1.165, 1.54) is 271 Å². The molecule has 8 saturated carbocycles. The molecular weight excluding hydrogens is 955 g/mol. The molecule has 21 aliphatic rings. The second-order valence-electron chi connectivity index (χ2n) is 32.5. The molecule has 0 aromatic heterocycles. The Morgan fingerprint density at radius 2 is 0.615 bits per heavy atom. The first-order valence-corrected chi connectivity index (χ1v) is 35.6. The zero-order valence-electron chi connectivity index (χ0n) is 51.3. The first-order valence-electron chi connectivity index (χ1n) is 35.6. The van der Waals surface area contributed by atoms with Crippen molar-refractivity contribution in [3.05, 3.63) is 0 Å². The van der Waals surface area contributed by atoms with Crippen molar-refractivity contribution in [3.63, 3.8) is 0 Å². The summed E-state index contributed by atoms with van der Waals surface area (Å²) in [6.07, 6.45) is 53.1. The summed E-state index contributed by atoms with van der Waals surface area (Å²) in [7, 11) is 0. The van der Waals surface area contributed by atoms with Gasteiger partial charge in [0.2, 0.25) is 0 Å². The number of rotatable bonds is 0. The molecule has 0 amide bonds. The minimum absolute atomic E-state index is 0.584. The number of nitrogens with one attached hydrogen (secondary N) is 9. The van der Waals surface area contributed by atoms with Gasteiger partial charge >= 0.3 is 0 Å². The highest BCUT2D eigenvalue weighted by molar-refractivity contribution is 5.01. The first kappa shape index (κ1) is 59.4. The monoisotopic (exact) mass is 1080 g/mol. The first-order chi connectivity index (χ1) is 38.0. The van der Waals surface area contributed by atoms with E-state index < -0.39 is 0 Å². The number of piperidine rings is 5. The van der Waals surface area contributed by atoms with E-state index in [4.69, 9.17) is 0 Å². The number of hydrogen-bond acceptors (Lipinski definition) is 9. The van der Waals surface area contributed by atoms with E-state index in [-0.39, 0.29) is 0 Å². The molecule has 13 aliphatic heterocycles. The van der Waals surface area contributed by atoms with Crippen molar-refractivity contribution < 1.29 is 0 Å². The molecule has 448 valence electrons. The molecule has 0 spiro atoms. The number of fused-ring (bicyclic) bond motifs is 19. The molecule has 14 atom stereocenters. The van der Waals surface area contributed by atoms with Crippen molar-refractivity contribution in [2.24, 2.45) is 70.0 Å². The van der Waals surface area contributed by atoms with Gasteiger partial charge in [0.05, 0.1) is 0 Å². The van der Waals surface area contributed by atoms with Crippen LogP contribution in [0.15, 0.2) is 0 Å². The predicted octanol–water partition coefficient (Wildman–Crippen LogP) is 12.0. The smallest absolute Gasteiger partial charge is 0.00780 e. The Labute approximate surface area is 480 Å². The average molecular weight is 1080 g/mol. The summed E-state index contributed by atoms with van der Waals surface area (Å²) in [6.45, 7) is 19.0. The van der Waals surface area contributed by atoms with Gasteiger partial charge in [0.1, 0.15) is 0 Å². The van der Waals surface area contributed by atoms with E-state index in [0.29, 0.717) is 10.8 Å². The Hall–Kier alpha value is -0.360. The summed E-state index contributed by atoms with van der Waals surface area (Å²) in [5.41, 5.74) is 1.20. The maximum atomic E-state index is 3.70. The summed E-state index contributed by atoms with van der Waals surface area (Å²) in [5.74, 6) is 10.5. The van der Waals surface area contributed by atoms with Gasteiger partial charge < -0.3 is 47.9 Å². The lowest BCUT2D eigenvalue weighted by Crippen LogP contribution is -2.44. The van der Waals surface area contributed by atoms with Crippen LogP contribution in [-0.2, 0) is 0 Å². The van der Waals surface area contributed by atoms with E-state index in [1.807, 2.05) is 0 Å². The highest BCUT2D eigenvalue weighted by atomic mass is 15.0.